The maximum Gasteiger partial charge on any atom is 0.241 e. The van der Waals surface area contributed by atoms with Gasteiger partial charge in [0.15, 0.2) is 0 Å². The number of nitrogens with zero attached hydrogens (tertiary/aromatic N) is 1. The highest BCUT2D eigenvalue weighted by Crippen LogP contribution is 2.22. The number of rotatable bonds is 7. The van der Waals surface area contributed by atoms with E-state index in [9.17, 15) is 22.4 Å². The summed E-state index contributed by atoms with van der Waals surface area (Å²) >= 11 is 0. The van der Waals surface area contributed by atoms with E-state index in [1.54, 1.807) is 37.8 Å². The van der Waals surface area contributed by atoms with E-state index in [1.807, 2.05) is 0 Å². The van der Waals surface area contributed by atoms with E-state index in [0.29, 0.717) is 25.2 Å². The molecule has 2 aromatic carbocycles. The molecule has 0 saturated carbocycles. The Labute approximate surface area is 188 Å². The Morgan fingerprint density at radius 2 is 1.72 bits per heavy atom. The topological polar surface area (TPSA) is 95.6 Å². The average molecular weight is 462 g/mol. The van der Waals surface area contributed by atoms with Crippen molar-refractivity contribution in [1.29, 1.82) is 0 Å². The molecule has 1 aliphatic heterocycles. The van der Waals surface area contributed by atoms with E-state index in [-0.39, 0.29) is 28.9 Å². The molecule has 172 valence electrons. The number of anilines is 1. The molecular weight excluding hydrogens is 433 g/mol. The zero-order valence-corrected chi connectivity index (χ0v) is 19.2. The molecule has 2 aromatic rings. The first-order valence-electron chi connectivity index (χ1n) is 10.4. The average Bonchev–Trinajstić information content (AvgIpc) is 3.07. The maximum atomic E-state index is 13.0. The minimum absolute atomic E-state index is 0.0954. The van der Waals surface area contributed by atoms with Crippen LogP contribution in [0.15, 0.2) is 53.4 Å². The molecule has 1 aliphatic rings. The second kappa shape index (κ2) is 9.38. The number of carbonyl (C=O) groups is 2. The first kappa shape index (κ1) is 23.9. The summed E-state index contributed by atoms with van der Waals surface area (Å²) in [5.41, 5.74) is 0.772. The summed E-state index contributed by atoms with van der Waals surface area (Å²) in [4.78, 5) is 26.7. The summed E-state index contributed by atoms with van der Waals surface area (Å²) in [5.74, 6) is -1.17. The molecule has 1 fully saturated rings. The first-order valence-corrected chi connectivity index (χ1v) is 11.9. The van der Waals surface area contributed by atoms with E-state index in [4.69, 9.17) is 0 Å². The Morgan fingerprint density at radius 3 is 2.31 bits per heavy atom. The lowest BCUT2D eigenvalue weighted by molar-refractivity contribution is -0.128. The molecule has 3 rings (SSSR count). The minimum Gasteiger partial charge on any atom is -0.342 e. The van der Waals surface area contributed by atoms with Crippen LogP contribution in [0.25, 0.3) is 0 Å². The maximum absolute atomic E-state index is 13.0. The number of halogens is 1. The molecule has 2 N–H and O–H groups in total. The molecule has 1 heterocycles. The molecule has 0 aliphatic carbocycles. The van der Waals surface area contributed by atoms with Gasteiger partial charge >= 0.3 is 0 Å². The van der Waals surface area contributed by atoms with Crippen molar-refractivity contribution in [2.75, 3.05) is 18.4 Å². The van der Waals surface area contributed by atoms with Gasteiger partial charge < -0.3 is 10.2 Å². The predicted octanol–water partition coefficient (Wildman–Crippen LogP) is 2.93. The van der Waals surface area contributed by atoms with Crippen molar-refractivity contribution < 1.29 is 22.4 Å². The fourth-order valence-corrected chi connectivity index (χ4v) is 4.92. The molecule has 32 heavy (non-hydrogen) atoms. The lowest BCUT2D eigenvalue weighted by Crippen LogP contribution is -2.40. The van der Waals surface area contributed by atoms with Crippen LogP contribution in [0.2, 0.25) is 0 Å². The van der Waals surface area contributed by atoms with Gasteiger partial charge in [-0.25, -0.2) is 17.5 Å². The molecule has 0 radical (unpaired) electrons. The number of amides is 2. The van der Waals surface area contributed by atoms with Crippen LogP contribution in [0.3, 0.4) is 0 Å². The second-order valence-electron chi connectivity index (χ2n) is 8.99. The van der Waals surface area contributed by atoms with E-state index in [1.165, 1.54) is 36.4 Å². The van der Waals surface area contributed by atoms with E-state index in [0.717, 1.165) is 5.56 Å². The van der Waals surface area contributed by atoms with Crippen LogP contribution in [0.5, 0.6) is 0 Å². The Balaban J connectivity index is 1.55. The van der Waals surface area contributed by atoms with E-state index < -0.39 is 21.5 Å². The number of likely N-dealkylation sites (tertiary alicyclic amines) is 1. The third kappa shape index (κ3) is 6.37. The fourth-order valence-electron chi connectivity index (χ4n) is 3.50. The third-order valence-corrected chi connectivity index (χ3v) is 6.82. The smallest absolute Gasteiger partial charge is 0.241 e. The molecule has 1 saturated heterocycles. The van der Waals surface area contributed by atoms with Crippen LogP contribution in [-0.2, 0) is 26.0 Å². The SMILES string of the molecule is CC(C)(C)NS(=O)(=O)c1ccc(NC(=O)[C@@H]2CC(=O)N(CCc3ccc(F)cc3)C2)cc1. The number of nitrogens with one attached hydrogen (secondary N) is 2. The standard InChI is InChI=1S/C23H28FN3O4S/c1-23(2,3)26-32(30,31)20-10-8-19(9-11-20)25-22(29)17-14-21(28)27(15-17)13-12-16-4-6-18(24)7-5-16/h4-11,17,26H,12-15H2,1-3H3,(H,25,29)/t17-/m1/s1. The highest BCUT2D eigenvalue weighted by atomic mass is 32.2. The zero-order chi connectivity index (χ0) is 23.5. The van der Waals surface area contributed by atoms with Gasteiger partial charge in [-0.2, -0.15) is 0 Å². The van der Waals surface area contributed by atoms with Gasteiger partial charge in [0.1, 0.15) is 5.82 Å². The van der Waals surface area contributed by atoms with Crippen LogP contribution >= 0.6 is 0 Å². The van der Waals surface area contributed by atoms with E-state index in [2.05, 4.69) is 10.0 Å². The van der Waals surface area contributed by atoms with Crippen molar-refractivity contribution in [2.24, 2.45) is 5.92 Å². The summed E-state index contributed by atoms with van der Waals surface area (Å²) < 4.78 is 40.4. The molecule has 0 aromatic heterocycles. The molecule has 0 bridgehead atoms. The number of hydrogen-bond acceptors (Lipinski definition) is 4. The molecular formula is C23H28FN3O4S. The molecule has 2 amide bonds. The third-order valence-electron chi connectivity index (χ3n) is 5.04. The van der Waals surface area contributed by atoms with Gasteiger partial charge in [0.2, 0.25) is 21.8 Å². The van der Waals surface area contributed by atoms with Crippen LogP contribution in [-0.4, -0.2) is 43.8 Å². The minimum atomic E-state index is -3.66. The van der Waals surface area contributed by atoms with E-state index >= 15 is 0 Å². The largest absolute Gasteiger partial charge is 0.342 e. The van der Waals surface area contributed by atoms with Crippen molar-refractivity contribution in [2.45, 2.75) is 44.0 Å². The monoisotopic (exact) mass is 461 g/mol. The van der Waals surface area contributed by atoms with Crippen molar-refractivity contribution >= 4 is 27.5 Å². The normalized spacial score (nSPS) is 16.9. The summed E-state index contributed by atoms with van der Waals surface area (Å²) in [6.07, 6.45) is 0.704. The quantitative estimate of drug-likeness (QED) is 0.663. The van der Waals surface area contributed by atoms with Gasteiger partial charge in [0.05, 0.1) is 10.8 Å². The Morgan fingerprint density at radius 1 is 1.09 bits per heavy atom. The number of benzene rings is 2. The van der Waals surface area contributed by atoms with Crippen LogP contribution in [0, 0.1) is 11.7 Å². The first-order chi connectivity index (χ1) is 14.9. The van der Waals surface area contributed by atoms with Crippen molar-refractivity contribution in [3.05, 3.63) is 59.9 Å². The summed E-state index contributed by atoms with van der Waals surface area (Å²) in [6.45, 7) is 6.04. The van der Waals surface area contributed by atoms with Gasteiger partial charge in [0.25, 0.3) is 0 Å². The van der Waals surface area contributed by atoms with Gasteiger partial charge in [-0.15, -0.1) is 0 Å². The number of hydrogen-bond donors (Lipinski definition) is 2. The zero-order valence-electron chi connectivity index (χ0n) is 18.4. The van der Waals surface area contributed by atoms with Gasteiger partial charge in [0, 0.05) is 30.7 Å². The highest BCUT2D eigenvalue weighted by Gasteiger charge is 2.34. The Kier molecular flexibility index (Phi) is 7.00. The molecule has 0 unspecified atom stereocenters. The van der Waals surface area contributed by atoms with Crippen LogP contribution < -0.4 is 10.0 Å². The lowest BCUT2D eigenvalue weighted by atomic mass is 10.1. The summed E-state index contributed by atoms with van der Waals surface area (Å²) in [6, 6.07) is 12.0. The van der Waals surface area contributed by atoms with Gasteiger partial charge in [-0.05, 0) is 69.2 Å². The Bertz CT molecular complexity index is 1080. The predicted molar refractivity (Wildman–Crippen MR) is 120 cm³/mol. The summed E-state index contributed by atoms with van der Waals surface area (Å²) in [7, 11) is -3.66. The van der Waals surface area contributed by atoms with Gasteiger partial charge in [-0.3, -0.25) is 9.59 Å². The van der Waals surface area contributed by atoms with Crippen LogP contribution in [0.1, 0.15) is 32.8 Å². The molecule has 1 atom stereocenters. The van der Waals surface area contributed by atoms with Crippen molar-refractivity contribution in [1.82, 2.24) is 9.62 Å². The fraction of sp³-hybridized carbons (Fsp3) is 0.391. The van der Waals surface area contributed by atoms with Crippen molar-refractivity contribution in [3.63, 3.8) is 0 Å². The molecule has 7 nitrogen and oxygen atoms in total. The van der Waals surface area contributed by atoms with Crippen molar-refractivity contribution in [3.8, 4) is 0 Å². The lowest BCUT2D eigenvalue weighted by Gasteiger charge is -2.20. The molecule has 0 spiro atoms. The number of sulfonamides is 1. The molecule has 9 heteroatoms. The summed E-state index contributed by atoms with van der Waals surface area (Å²) in [5, 5.41) is 2.76. The number of carbonyl (C=O) groups excluding carboxylic acids is 2. The van der Waals surface area contributed by atoms with Gasteiger partial charge in [-0.1, -0.05) is 12.1 Å². The Hall–Kier alpha value is -2.78. The highest BCUT2D eigenvalue weighted by molar-refractivity contribution is 7.89. The van der Waals surface area contributed by atoms with Crippen LogP contribution in [0.4, 0.5) is 10.1 Å². The second-order valence-corrected chi connectivity index (χ2v) is 10.7.